The van der Waals surface area contributed by atoms with Crippen LogP contribution in [-0.2, 0) is 9.59 Å². The van der Waals surface area contributed by atoms with Gasteiger partial charge in [0.15, 0.2) is 0 Å². The van der Waals surface area contributed by atoms with Gasteiger partial charge in [-0.05, 0) is 26.3 Å². The predicted molar refractivity (Wildman–Crippen MR) is 74.4 cm³/mol. The molecule has 3 amide bonds. The second-order valence-corrected chi connectivity index (χ2v) is 4.38. The number of rotatable bonds is 10. The molecule has 0 radical (unpaired) electrons. The maximum Gasteiger partial charge on any atom is 0.404 e. The molecule has 0 rings (SSSR count). The Balaban J connectivity index is 4.03. The molecule has 20 heavy (non-hydrogen) atoms. The number of hydrogen-bond acceptors (Lipinski definition) is 4. The maximum absolute atomic E-state index is 11.9. The Morgan fingerprint density at radius 2 is 1.75 bits per heavy atom. The molecule has 1 atom stereocenters. The summed E-state index contributed by atoms with van der Waals surface area (Å²) in [5.41, 5.74) is 0. The summed E-state index contributed by atoms with van der Waals surface area (Å²) < 4.78 is 0. The van der Waals surface area contributed by atoms with Crippen LogP contribution in [0, 0.1) is 0 Å². The van der Waals surface area contributed by atoms with Gasteiger partial charge in [-0.25, -0.2) is 4.79 Å². The van der Waals surface area contributed by atoms with Crippen molar-refractivity contribution in [3.63, 3.8) is 0 Å². The van der Waals surface area contributed by atoms with Gasteiger partial charge < -0.3 is 26.4 Å². The molecule has 5 N–H and O–H groups in total. The lowest BCUT2D eigenvalue weighted by atomic mass is 10.1. The normalized spacial score (nSPS) is 11.5. The SMILES string of the molecule is CNCCNC(=O)[C@H](CCCCNC(=O)O)NC(C)=O. The number of hydrogen-bond donors (Lipinski definition) is 5. The number of nitrogens with one attached hydrogen (secondary N) is 4. The molecule has 0 saturated heterocycles. The summed E-state index contributed by atoms with van der Waals surface area (Å²) in [4.78, 5) is 33.2. The van der Waals surface area contributed by atoms with Gasteiger partial charge >= 0.3 is 6.09 Å². The van der Waals surface area contributed by atoms with Crippen molar-refractivity contribution in [3.8, 4) is 0 Å². The van der Waals surface area contributed by atoms with Crippen LogP contribution in [0.3, 0.4) is 0 Å². The molecule has 0 aromatic carbocycles. The van der Waals surface area contributed by atoms with Crippen LogP contribution in [0.1, 0.15) is 26.2 Å². The molecule has 0 bridgehead atoms. The van der Waals surface area contributed by atoms with Gasteiger partial charge in [0.2, 0.25) is 11.8 Å². The summed E-state index contributed by atoms with van der Waals surface area (Å²) in [5, 5.41) is 18.9. The van der Waals surface area contributed by atoms with Crippen LogP contribution in [0.2, 0.25) is 0 Å². The fourth-order valence-electron chi connectivity index (χ4n) is 1.62. The summed E-state index contributed by atoms with van der Waals surface area (Å²) in [6.07, 6.45) is 0.677. The zero-order chi connectivity index (χ0) is 15.4. The van der Waals surface area contributed by atoms with Crippen LogP contribution in [0.25, 0.3) is 0 Å². The minimum absolute atomic E-state index is 0.221. The summed E-state index contributed by atoms with van der Waals surface area (Å²) in [6, 6.07) is -0.575. The van der Waals surface area contributed by atoms with Gasteiger partial charge in [0, 0.05) is 26.6 Å². The minimum atomic E-state index is -1.06. The fourth-order valence-corrected chi connectivity index (χ4v) is 1.62. The van der Waals surface area contributed by atoms with Crippen molar-refractivity contribution < 1.29 is 19.5 Å². The smallest absolute Gasteiger partial charge is 0.404 e. The topological polar surface area (TPSA) is 120 Å². The zero-order valence-corrected chi connectivity index (χ0v) is 12.0. The number of carbonyl (C=O) groups excluding carboxylic acids is 2. The van der Waals surface area contributed by atoms with Crippen LogP contribution >= 0.6 is 0 Å². The molecule has 0 aliphatic carbocycles. The molecule has 0 unspecified atom stereocenters. The Bertz CT molecular complexity index is 323. The monoisotopic (exact) mass is 288 g/mol. The predicted octanol–water partition coefficient (Wildman–Crippen LogP) is -0.735. The third-order valence-electron chi connectivity index (χ3n) is 2.56. The first kappa shape index (κ1) is 18.2. The van der Waals surface area contributed by atoms with Crippen molar-refractivity contribution in [2.75, 3.05) is 26.7 Å². The van der Waals surface area contributed by atoms with Crippen LogP contribution in [0.5, 0.6) is 0 Å². The summed E-state index contributed by atoms with van der Waals surface area (Å²) >= 11 is 0. The molecule has 0 heterocycles. The first-order valence-electron chi connectivity index (χ1n) is 6.63. The molecule has 0 saturated carbocycles. The number of carbonyl (C=O) groups is 3. The third-order valence-corrected chi connectivity index (χ3v) is 2.56. The first-order chi connectivity index (χ1) is 9.47. The van der Waals surface area contributed by atoms with E-state index >= 15 is 0 Å². The molecule has 0 spiro atoms. The molecule has 0 aromatic heterocycles. The Morgan fingerprint density at radius 1 is 1.05 bits per heavy atom. The lowest BCUT2D eigenvalue weighted by molar-refractivity contribution is -0.128. The van der Waals surface area contributed by atoms with Crippen LogP contribution in [-0.4, -0.2) is 55.7 Å². The Hall–Kier alpha value is -1.83. The van der Waals surface area contributed by atoms with Crippen molar-refractivity contribution in [1.29, 1.82) is 0 Å². The van der Waals surface area contributed by atoms with Crippen LogP contribution in [0.4, 0.5) is 4.79 Å². The third kappa shape index (κ3) is 10.1. The minimum Gasteiger partial charge on any atom is -0.465 e. The van der Waals surface area contributed by atoms with E-state index in [1.807, 2.05) is 0 Å². The van der Waals surface area contributed by atoms with Crippen molar-refractivity contribution in [2.24, 2.45) is 0 Å². The zero-order valence-electron chi connectivity index (χ0n) is 12.0. The molecule has 8 nitrogen and oxygen atoms in total. The van der Waals surface area contributed by atoms with Crippen molar-refractivity contribution >= 4 is 17.9 Å². The molecule has 0 aromatic rings. The van der Waals surface area contributed by atoms with Gasteiger partial charge in [0.25, 0.3) is 0 Å². The highest BCUT2D eigenvalue weighted by Crippen LogP contribution is 2.01. The second-order valence-electron chi connectivity index (χ2n) is 4.38. The highest BCUT2D eigenvalue weighted by atomic mass is 16.4. The van der Waals surface area contributed by atoms with Gasteiger partial charge in [-0.1, -0.05) is 0 Å². The van der Waals surface area contributed by atoms with Gasteiger partial charge in [-0.2, -0.15) is 0 Å². The maximum atomic E-state index is 11.9. The highest BCUT2D eigenvalue weighted by Gasteiger charge is 2.18. The molecular formula is C12H24N4O4. The number of likely N-dealkylation sites (N-methyl/N-ethyl adjacent to an activating group) is 1. The van der Waals surface area contributed by atoms with E-state index < -0.39 is 12.1 Å². The van der Waals surface area contributed by atoms with E-state index in [1.165, 1.54) is 6.92 Å². The number of carboxylic acid groups (broad SMARTS) is 1. The molecular weight excluding hydrogens is 264 g/mol. The fraction of sp³-hybridized carbons (Fsp3) is 0.750. The second kappa shape index (κ2) is 11.0. The Morgan fingerprint density at radius 3 is 2.30 bits per heavy atom. The average Bonchev–Trinajstić information content (AvgIpc) is 2.36. The largest absolute Gasteiger partial charge is 0.465 e. The van der Waals surface area contributed by atoms with Crippen molar-refractivity contribution in [1.82, 2.24) is 21.3 Å². The van der Waals surface area contributed by atoms with E-state index in [9.17, 15) is 14.4 Å². The Kier molecular flexibility index (Phi) is 10.0. The Labute approximate surface area is 118 Å². The van der Waals surface area contributed by atoms with Gasteiger partial charge in [0.05, 0.1) is 0 Å². The number of unbranched alkanes of at least 4 members (excludes halogenated alkanes) is 1. The summed E-state index contributed by atoms with van der Waals surface area (Å²) in [6.45, 7) is 2.84. The van der Waals surface area contributed by atoms with E-state index in [0.29, 0.717) is 38.9 Å². The van der Waals surface area contributed by atoms with Crippen molar-refractivity contribution in [2.45, 2.75) is 32.2 Å². The van der Waals surface area contributed by atoms with E-state index in [2.05, 4.69) is 21.3 Å². The highest BCUT2D eigenvalue weighted by molar-refractivity contribution is 5.86. The summed E-state index contributed by atoms with van der Waals surface area (Å²) in [7, 11) is 1.78. The van der Waals surface area contributed by atoms with E-state index in [0.717, 1.165) is 0 Å². The first-order valence-corrected chi connectivity index (χ1v) is 6.63. The van der Waals surface area contributed by atoms with Gasteiger partial charge in [0.1, 0.15) is 6.04 Å². The molecule has 116 valence electrons. The lowest BCUT2D eigenvalue weighted by Gasteiger charge is -2.17. The van der Waals surface area contributed by atoms with E-state index in [4.69, 9.17) is 5.11 Å². The van der Waals surface area contributed by atoms with Gasteiger partial charge in [-0.3, -0.25) is 9.59 Å². The van der Waals surface area contributed by atoms with Crippen LogP contribution in [0.15, 0.2) is 0 Å². The number of amides is 3. The van der Waals surface area contributed by atoms with E-state index in [-0.39, 0.29) is 11.8 Å². The lowest BCUT2D eigenvalue weighted by Crippen LogP contribution is -2.47. The standard InChI is InChI=1S/C12H24N4O4/c1-9(17)16-10(11(18)14-8-7-13-2)5-3-4-6-15-12(19)20/h10,13,15H,3-8H2,1-2H3,(H,14,18)(H,16,17)(H,19,20)/t10-/m0/s1. The van der Waals surface area contributed by atoms with E-state index in [1.54, 1.807) is 7.05 Å². The van der Waals surface area contributed by atoms with Gasteiger partial charge in [-0.15, -0.1) is 0 Å². The van der Waals surface area contributed by atoms with Crippen LogP contribution < -0.4 is 21.3 Å². The van der Waals surface area contributed by atoms with Crippen molar-refractivity contribution in [3.05, 3.63) is 0 Å². The average molecular weight is 288 g/mol. The molecule has 0 fully saturated rings. The quantitative estimate of drug-likeness (QED) is 0.339. The molecule has 0 aliphatic rings. The molecule has 0 aliphatic heterocycles. The summed E-state index contributed by atoms with van der Waals surface area (Å²) in [5.74, 6) is -0.482. The molecule has 8 heteroatoms.